The summed E-state index contributed by atoms with van der Waals surface area (Å²) in [6.45, 7) is 18.5. The van der Waals surface area contributed by atoms with Gasteiger partial charge in [-0.05, 0) is 80.1 Å². The molecule has 16 heteroatoms. The highest BCUT2D eigenvalue weighted by atomic mass is 32.2. The number of rotatable bonds is 13. The number of carbonyl (C=O) groups is 5. The van der Waals surface area contributed by atoms with Crippen LogP contribution in [0.5, 0.6) is 0 Å². The van der Waals surface area contributed by atoms with Gasteiger partial charge in [0.1, 0.15) is 29.0 Å². The molecule has 2 spiro atoms. The lowest BCUT2D eigenvalue weighted by molar-refractivity contribution is -0.145. The Bertz CT molecular complexity index is 1780. The van der Waals surface area contributed by atoms with Gasteiger partial charge in [0.05, 0.1) is 0 Å². The van der Waals surface area contributed by atoms with Crippen LogP contribution >= 0.6 is 11.8 Å². The zero-order valence-electron chi connectivity index (χ0n) is 35.5. The Labute approximate surface area is 349 Å². The van der Waals surface area contributed by atoms with E-state index in [1.54, 1.807) is 22.7 Å². The molecule has 1 unspecified atom stereocenters. The molecule has 0 aromatic heterocycles. The summed E-state index contributed by atoms with van der Waals surface area (Å²) in [6.07, 6.45) is 11.3. The maximum absolute atomic E-state index is 15.2. The third kappa shape index (κ3) is 7.20. The minimum atomic E-state index is -4.11. The molecular formula is C42H67N7O7S2. The number of carbonyl (C=O) groups excluding carboxylic acids is 5. The van der Waals surface area contributed by atoms with E-state index in [1.807, 2.05) is 27.7 Å². The second-order valence-corrected chi connectivity index (χ2v) is 22.8. The lowest BCUT2D eigenvalue weighted by Gasteiger charge is -2.38. The molecule has 5 amide bonds. The molecule has 0 bridgehead atoms. The fourth-order valence-electron chi connectivity index (χ4n) is 11.8. The molecule has 0 aromatic rings. The number of amides is 5. The Morgan fingerprint density at radius 2 is 1.57 bits per heavy atom. The summed E-state index contributed by atoms with van der Waals surface area (Å²) in [7, 11) is -4.11. The summed E-state index contributed by atoms with van der Waals surface area (Å²) in [5.74, 6) is -1.98. The molecule has 0 radical (unpaired) electrons. The highest BCUT2D eigenvalue weighted by Gasteiger charge is 2.85. The predicted octanol–water partition coefficient (Wildman–Crippen LogP) is 3.29. The molecule has 324 valence electrons. The van der Waals surface area contributed by atoms with Crippen LogP contribution in [-0.2, 0) is 34.2 Å². The number of nitrogens with one attached hydrogen (secondary N) is 4. The maximum atomic E-state index is 15.2. The molecule has 3 aliphatic heterocycles. The Morgan fingerprint density at radius 1 is 0.897 bits per heavy atom. The molecule has 4 saturated carbocycles. The van der Waals surface area contributed by atoms with Gasteiger partial charge < -0.3 is 20.9 Å². The van der Waals surface area contributed by atoms with Crippen LogP contribution < -0.4 is 20.7 Å². The van der Waals surface area contributed by atoms with Crippen molar-refractivity contribution in [2.75, 3.05) is 38.5 Å². The molecule has 4 aliphatic carbocycles. The van der Waals surface area contributed by atoms with Gasteiger partial charge in [0, 0.05) is 43.3 Å². The predicted molar refractivity (Wildman–Crippen MR) is 223 cm³/mol. The van der Waals surface area contributed by atoms with Crippen molar-refractivity contribution < 1.29 is 32.4 Å². The maximum Gasteiger partial charge on any atom is 0.303 e. The second kappa shape index (κ2) is 15.6. The van der Waals surface area contributed by atoms with Crippen molar-refractivity contribution in [3.05, 3.63) is 12.7 Å². The summed E-state index contributed by atoms with van der Waals surface area (Å²) >= 11 is 1.58. The summed E-state index contributed by atoms with van der Waals surface area (Å²) < 4.78 is 29.8. The van der Waals surface area contributed by atoms with Gasteiger partial charge in [-0.2, -0.15) is 12.7 Å². The molecule has 4 N–H and O–H groups in total. The third-order valence-electron chi connectivity index (χ3n) is 15.8. The standard InChI is InChI=1S/C42H67N7O7S2/c1-8-28-24-42(28,37(54)46-58(55,56)48-20-13-14-21-48)45-32(50)29-25-41(39(6,7)40(41)18-15-19-40)26-49(29)35(53)31(38(3,4)5)44-33(51)30(27-16-11-10-12-17-27)43-34(52)36-47(9-2)22-23-57-36/h8,27-31,36H,1,9-26H2,2-7H3,(H,43,52)(H,44,51)(H,45,50)(H,46,54)/t28-,29+,30?,31-,36+,41-,42-/m1/s1. The second-order valence-electron chi connectivity index (χ2n) is 19.9. The van der Waals surface area contributed by atoms with Crippen molar-refractivity contribution in [3.8, 4) is 0 Å². The topological polar surface area (TPSA) is 177 Å². The molecule has 7 atom stereocenters. The van der Waals surface area contributed by atoms with Crippen LogP contribution in [0.1, 0.15) is 119 Å². The van der Waals surface area contributed by atoms with Gasteiger partial charge in [-0.25, -0.2) is 4.72 Å². The monoisotopic (exact) mass is 845 g/mol. The Hall–Kier alpha value is -2.69. The van der Waals surface area contributed by atoms with Gasteiger partial charge in [0.2, 0.25) is 23.6 Å². The van der Waals surface area contributed by atoms with Crippen LogP contribution in [0, 0.1) is 33.5 Å². The number of likely N-dealkylation sites (N-methyl/N-ethyl adjacent to an activating group) is 1. The first-order chi connectivity index (χ1) is 27.3. The summed E-state index contributed by atoms with van der Waals surface area (Å²) in [5.41, 5.74) is -2.78. The molecular weight excluding hydrogens is 779 g/mol. The summed E-state index contributed by atoms with van der Waals surface area (Å²) in [6, 6.07) is -2.78. The number of hydrogen-bond acceptors (Lipinski definition) is 9. The van der Waals surface area contributed by atoms with Crippen LogP contribution in [0.2, 0.25) is 0 Å². The first kappa shape index (κ1) is 43.4. The number of hydrogen-bond donors (Lipinski definition) is 4. The lowest BCUT2D eigenvalue weighted by atomic mass is 9.73. The SMILES string of the molecule is C=C[C@@H]1C[C@]1(NC(=O)[C@@H]1C[C@@]2(CN1C(=O)[C@@H](NC(=O)C(NC(=O)[C@@H]1SCCN1CC)C1CCCCC1)C(C)(C)C)C(C)(C)C21CCC1)C(=O)NS(=O)(=O)N1CCCC1. The Balaban J connectivity index is 1.15. The van der Waals surface area contributed by atoms with E-state index in [4.69, 9.17) is 0 Å². The molecule has 3 heterocycles. The largest absolute Gasteiger partial charge is 0.342 e. The summed E-state index contributed by atoms with van der Waals surface area (Å²) in [4.78, 5) is 75.9. The molecule has 58 heavy (non-hydrogen) atoms. The normalized spacial score (nSPS) is 32.9. The van der Waals surface area contributed by atoms with E-state index in [1.165, 1.54) is 4.31 Å². The van der Waals surface area contributed by atoms with Gasteiger partial charge in [0.15, 0.2) is 0 Å². The average Bonchev–Trinajstić information content (AvgIpc) is 3.58. The minimum absolute atomic E-state index is 0.0167. The van der Waals surface area contributed by atoms with E-state index in [9.17, 15) is 27.6 Å². The molecule has 7 fully saturated rings. The fourth-order valence-corrected chi connectivity index (χ4v) is 14.3. The summed E-state index contributed by atoms with van der Waals surface area (Å²) in [5, 5.41) is 8.86. The first-order valence-electron chi connectivity index (χ1n) is 21.8. The van der Waals surface area contributed by atoms with Crippen LogP contribution in [0.25, 0.3) is 0 Å². The van der Waals surface area contributed by atoms with Crippen molar-refractivity contribution in [2.45, 2.75) is 148 Å². The van der Waals surface area contributed by atoms with Crippen molar-refractivity contribution in [2.24, 2.45) is 33.5 Å². The third-order valence-corrected chi connectivity index (χ3v) is 18.5. The van der Waals surface area contributed by atoms with Gasteiger partial charge in [-0.1, -0.05) is 73.3 Å². The minimum Gasteiger partial charge on any atom is -0.342 e. The van der Waals surface area contributed by atoms with E-state index in [-0.39, 0.29) is 45.8 Å². The Kier molecular flexibility index (Phi) is 11.7. The van der Waals surface area contributed by atoms with Gasteiger partial charge in [-0.3, -0.25) is 28.9 Å². The van der Waals surface area contributed by atoms with Crippen molar-refractivity contribution in [3.63, 3.8) is 0 Å². The Morgan fingerprint density at radius 3 is 2.12 bits per heavy atom. The number of nitrogens with zero attached hydrogens (tertiary/aromatic N) is 3. The smallest absolute Gasteiger partial charge is 0.303 e. The molecule has 0 aromatic carbocycles. The van der Waals surface area contributed by atoms with E-state index in [2.05, 4.69) is 46.0 Å². The number of thioether (sulfide) groups is 1. The highest BCUT2D eigenvalue weighted by molar-refractivity contribution is 8.00. The molecule has 7 rings (SSSR count). The average molecular weight is 846 g/mol. The van der Waals surface area contributed by atoms with E-state index in [0.717, 1.165) is 70.2 Å². The van der Waals surface area contributed by atoms with E-state index < -0.39 is 62.9 Å². The zero-order valence-corrected chi connectivity index (χ0v) is 37.1. The van der Waals surface area contributed by atoms with Crippen LogP contribution in [0.3, 0.4) is 0 Å². The fraction of sp³-hybridized carbons (Fsp3) is 0.833. The van der Waals surface area contributed by atoms with Gasteiger partial charge >= 0.3 is 10.2 Å². The van der Waals surface area contributed by atoms with E-state index >= 15 is 4.79 Å². The van der Waals surface area contributed by atoms with Crippen molar-refractivity contribution in [1.29, 1.82) is 0 Å². The molecule has 7 aliphatic rings. The lowest BCUT2D eigenvalue weighted by Crippen LogP contribution is -2.63. The van der Waals surface area contributed by atoms with Gasteiger partial charge in [-0.15, -0.1) is 18.3 Å². The number of fused-ring (bicyclic) bond motifs is 1. The first-order valence-corrected chi connectivity index (χ1v) is 24.3. The molecule has 3 saturated heterocycles. The quantitative estimate of drug-likeness (QED) is 0.203. The van der Waals surface area contributed by atoms with Crippen molar-refractivity contribution in [1.82, 2.24) is 34.8 Å². The van der Waals surface area contributed by atoms with Gasteiger partial charge in [0.25, 0.3) is 5.91 Å². The van der Waals surface area contributed by atoms with Crippen LogP contribution in [0.4, 0.5) is 0 Å². The zero-order chi connectivity index (χ0) is 42.1. The number of likely N-dealkylation sites (tertiary alicyclic amines) is 1. The highest BCUT2D eigenvalue weighted by Crippen LogP contribution is 2.88. The van der Waals surface area contributed by atoms with Crippen molar-refractivity contribution >= 4 is 51.5 Å². The van der Waals surface area contributed by atoms with Crippen LogP contribution in [0.15, 0.2) is 12.7 Å². The van der Waals surface area contributed by atoms with E-state index in [0.29, 0.717) is 38.9 Å². The van der Waals surface area contributed by atoms with Crippen LogP contribution in [-0.4, -0.2) is 120 Å². The molecule has 14 nitrogen and oxygen atoms in total.